The van der Waals surface area contributed by atoms with Gasteiger partial charge in [0, 0.05) is 11.5 Å². The molecule has 1 amide bonds. The first kappa shape index (κ1) is 18.5. The van der Waals surface area contributed by atoms with Crippen LogP contribution in [-0.4, -0.2) is 11.4 Å². The van der Waals surface area contributed by atoms with Crippen LogP contribution >= 0.6 is 0 Å². The van der Waals surface area contributed by atoms with Crippen molar-refractivity contribution >= 4 is 5.91 Å². The fourth-order valence-corrected chi connectivity index (χ4v) is 2.99. The Hall–Kier alpha value is -0.530. The molecule has 0 radical (unpaired) electrons. The number of carbonyl (C=O) groups is 1. The van der Waals surface area contributed by atoms with Crippen molar-refractivity contribution in [3.05, 3.63) is 0 Å². The van der Waals surface area contributed by atoms with Crippen LogP contribution in [0.5, 0.6) is 0 Å². The molecule has 0 rings (SSSR count). The molecule has 0 aromatic rings. The molecule has 2 heteroatoms. The highest BCUT2D eigenvalue weighted by molar-refractivity contribution is 5.79. The number of amides is 1. The minimum atomic E-state index is -0.147. The van der Waals surface area contributed by atoms with E-state index in [2.05, 4.69) is 67.6 Å². The summed E-state index contributed by atoms with van der Waals surface area (Å²) in [4.78, 5) is 12.5. The topological polar surface area (TPSA) is 29.1 Å². The second-order valence-corrected chi connectivity index (χ2v) is 8.19. The minimum absolute atomic E-state index is 0.0572. The Morgan fingerprint density at radius 1 is 1.00 bits per heavy atom. The van der Waals surface area contributed by atoms with Crippen molar-refractivity contribution in [1.82, 2.24) is 5.32 Å². The maximum atomic E-state index is 12.5. The molecule has 0 heterocycles. The summed E-state index contributed by atoms with van der Waals surface area (Å²) in [5.41, 5.74) is 0.173. The molecule has 0 aliphatic heterocycles. The van der Waals surface area contributed by atoms with Gasteiger partial charge >= 0.3 is 0 Å². The number of hydrogen-bond donors (Lipinski definition) is 1. The summed E-state index contributed by atoms with van der Waals surface area (Å²) < 4.78 is 0. The Labute approximate surface area is 120 Å². The Bertz CT molecular complexity index is 295. The van der Waals surface area contributed by atoms with Crippen LogP contribution in [0.25, 0.3) is 0 Å². The molecule has 114 valence electrons. The van der Waals surface area contributed by atoms with Crippen LogP contribution in [0.2, 0.25) is 0 Å². The van der Waals surface area contributed by atoms with Gasteiger partial charge < -0.3 is 5.32 Å². The molecule has 1 unspecified atom stereocenters. The molecular formula is C17H35NO. The van der Waals surface area contributed by atoms with E-state index in [0.717, 1.165) is 19.3 Å². The minimum Gasteiger partial charge on any atom is -0.351 e. The maximum Gasteiger partial charge on any atom is 0.223 e. The Morgan fingerprint density at radius 3 is 1.74 bits per heavy atom. The Morgan fingerprint density at radius 2 is 1.42 bits per heavy atom. The van der Waals surface area contributed by atoms with Gasteiger partial charge in [-0.2, -0.15) is 0 Å². The van der Waals surface area contributed by atoms with Crippen molar-refractivity contribution in [1.29, 1.82) is 0 Å². The van der Waals surface area contributed by atoms with Gasteiger partial charge in [-0.25, -0.2) is 0 Å². The lowest BCUT2D eigenvalue weighted by Crippen LogP contribution is -2.50. The third-order valence-corrected chi connectivity index (χ3v) is 4.49. The van der Waals surface area contributed by atoms with Crippen molar-refractivity contribution in [2.45, 2.75) is 87.1 Å². The van der Waals surface area contributed by atoms with Crippen LogP contribution in [0.4, 0.5) is 0 Å². The molecule has 0 aliphatic rings. The van der Waals surface area contributed by atoms with E-state index in [4.69, 9.17) is 0 Å². The van der Waals surface area contributed by atoms with E-state index in [1.165, 1.54) is 0 Å². The van der Waals surface area contributed by atoms with Gasteiger partial charge in [0.2, 0.25) is 5.91 Å². The van der Waals surface area contributed by atoms with Crippen molar-refractivity contribution < 1.29 is 4.79 Å². The lowest BCUT2D eigenvalue weighted by atomic mass is 9.73. The van der Waals surface area contributed by atoms with Crippen molar-refractivity contribution in [3.63, 3.8) is 0 Å². The van der Waals surface area contributed by atoms with Crippen molar-refractivity contribution in [3.8, 4) is 0 Å². The predicted molar refractivity (Wildman–Crippen MR) is 84.1 cm³/mol. The van der Waals surface area contributed by atoms with Crippen LogP contribution in [0.1, 0.15) is 81.6 Å². The average Bonchev–Trinajstić information content (AvgIpc) is 2.22. The highest BCUT2D eigenvalue weighted by Gasteiger charge is 2.35. The first-order chi connectivity index (χ1) is 8.37. The molecular weight excluding hydrogens is 234 g/mol. The SMILES string of the molecule is CCC(C)(CC)C(C)C(=O)NC(C)(C)CC(C)(C)C. The van der Waals surface area contributed by atoms with Crippen LogP contribution in [0.15, 0.2) is 0 Å². The van der Waals surface area contributed by atoms with Gasteiger partial charge in [-0.1, -0.05) is 48.5 Å². The van der Waals surface area contributed by atoms with Gasteiger partial charge in [0.25, 0.3) is 0 Å². The standard InChI is InChI=1S/C17H35NO/c1-10-17(9,11-2)13(3)14(19)18-16(7,8)12-15(4,5)6/h13H,10-12H2,1-9H3,(H,18,19). The molecule has 0 aromatic carbocycles. The van der Waals surface area contributed by atoms with E-state index < -0.39 is 0 Å². The summed E-state index contributed by atoms with van der Waals surface area (Å²) in [7, 11) is 0. The first-order valence-electron chi connectivity index (χ1n) is 7.69. The van der Waals surface area contributed by atoms with Crippen molar-refractivity contribution in [2.24, 2.45) is 16.7 Å². The van der Waals surface area contributed by atoms with E-state index in [9.17, 15) is 4.79 Å². The third kappa shape index (κ3) is 5.97. The van der Waals surface area contributed by atoms with Crippen LogP contribution < -0.4 is 5.32 Å². The van der Waals surface area contributed by atoms with E-state index in [1.54, 1.807) is 0 Å². The highest BCUT2D eigenvalue weighted by atomic mass is 16.2. The molecule has 2 nitrogen and oxygen atoms in total. The zero-order valence-electron chi connectivity index (χ0n) is 14.6. The zero-order valence-corrected chi connectivity index (χ0v) is 14.6. The molecule has 0 aromatic heterocycles. The molecule has 0 aliphatic carbocycles. The molecule has 0 bridgehead atoms. The monoisotopic (exact) mass is 269 g/mol. The molecule has 0 saturated heterocycles. The fourth-order valence-electron chi connectivity index (χ4n) is 2.99. The summed E-state index contributed by atoms with van der Waals surface area (Å²) in [5, 5.41) is 3.25. The maximum absolute atomic E-state index is 12.5. The smallest absolute Gasteiger partial charge is 0.223 e. The second kappa shape index (κ2) is 6.28. The third-order valence-electron chi connectivity index (χ3n) is 4.49. The second-order valence-electron chi connectivity index (χ2n) is 8.19. The van der Waals surface area contributed by atoms with Gasteiger partial charge in [0.15, 0.2) is 0 Å². The van der Waals surface area contributed by atoms with Crippen LogP contribution in [0, 0.1) is 16.7 Å². The van der Waals surface area contributed by atoms with Crippen molar-refractivity contribution in [2.75, 3.05) is 0 Å². The lowest BCUT2D eigenvalue weighted by Gasteiger charge is -2.38. The van der Waals surface area contributed by atoms with Gasteiger partial charge in [-0.3, -0.25) is 4.79 Å². The molecule has 1 atom stereocenters. The highest BCUT2D eigenvalue weighted by Crippen LogP contribution is 2.35. The molecule has 0 saturated carbocycles. The number of carbonyl (C=O) groups excluding carboxylic acids is 1. The average molecular weight is 269 g/mol. The van der Waals surface area contributed by atoms with Gasteiger partial charge in [-0.15, -0.1) is 0 Å². The summed E-state index contributed by atoms with van der Waals surface area (Å²) in [6, 6.07) is 0. The predicted octanol–water partition coefficient (Wildman–Crippen LogP) is 4.78. The normalized spacial score (nSPS) is 15.2. The van der Waals surface area contributed by atoms with E-state index >= 15 is 0 Å². The molecule has 19 heavy (non-hydrogen) atoms. The lowest BCUT2D eigenvalue weighted by molar-refractivity contribution is -0.130. The van der Waals surface area contributed by atoms with Gasteiger partial charge in [-0.05, 0) is 43.9 Å². The molecule has 0 spiro atoms. The summed E-state index contributed by atoms with van der Waals surface area (Å²) in [5.74, 6) is 0.252. The zero-order chi connectivity index (χ0) is 15.5. The summed E-state index contributed by atoms with van der Waals surface area (Å²) in [6.07, 6.45) is 3.06. The summed E-state index contributed by atoms with van der Waals surface area (Å²) in [6.45, 7) is 19.5. The molecule has 0 fully saturated rings. The first-order valence-corrected chi connectivity index (χ1v) is 7.69. The van der Waals surface area contributed by atoms with Gasteiger partial charge in [0.1, 0.15) is 0 Å². The van der Waals surface area contributed by atoms with Gasteiger partial charge in [0.05, 0.1) is 0 Å². The number of rotatable bonds is 6. The largest absolute Gasteiger partial charge is 0.351 e. The number of nitrogens with one attached hydrogen (secondary N) is 1. The summed E-state index contributed by atoms with van der Waals surface area (Å²) >= 11 is 0. The fraction of sp³-hybridized carbons (Fsp3) is 0.941. The van der Waals surface area contributed by atoms with E-state index in [-0.39, 0.29) is 28.2 Å². The molecule has 1 N–H and O–H groups in total. The van der Waals surface area contributed by atoms with E-state index in [1.807, 2.05) is 0 Å². The van der Waals surface area contributed by atoms with Crippen LogP contribution in [0.3, 0.4) is 0 Å². The van der Waals surface area contributed by atoms with Crippen LogP contribution in [-0.2, 0) is 4.79 Å². The van der Waals surface area contributed by atoms with E-state index in [0.29, 0.717) is 0 Å². The quantitative estimate of drug-likeness (QED) is 0.738. The number of hydrogen-bond acceptors (Lipinski definition) is 1. The Kier molecular flexibility index (Phi) is 6.10. The Balaban J connectivity index is 4.77.